The Morgan fingerprint density at radius 3 is 2.35 bits per heavy atom. The summed E-state index contributed by atoms with van der Waals surface area (Å²) >= 11 is 0. The lowest BCUT2D eigenvalue weighted by Gasteiger charge is -2.38. The summed E-state index contributed by atoms with van der Waals surface area (Å²) in [6, 6.07) is 17.1. The van der Waals surface area contributed by atoms with Gasteiger partial charge in [-0.2, -0.15) is 18.3 Å². The summed E-state index contributed by atoms with van der Waals surface area (Å²) in [7, 11) is 0. The van der Waals surface area contributed by atoms with Crippen LogP contribution in [0.25, 0.3) is 5.69 Å². The van der Waals surface area contributed by atoms with Crippen LogP contribution in [0.4, 0.5) is 33.9 Å². The Kier molecular flexibility index (Phi) is 7.05. The molecule has 1 aliphatic rings. The predicted octanol–water partition coefficient (Wildman–Crippen LogP) is 6.03. The molecular formula is C29H25F4N5O2. The van der Waals surface area contributed by atoms with Crippen molar-refractivity contribution in [1.82, 2.24) is 15.1 Å². The monoisotopic (exact) mass is 551 g/mol. The molecule has 0 bridgehead atoms. The van der Waals surface area contributed by atoms with Crippen molar-refractivity contribution in [2.75, 3.05) is 16.8 Å². The van der Waals surface area contributed by atoms with Gasteiger partial charge >= 0.3 is 12.2 Å². The number of hydrogen-bond donors (Lipinski definition) is 2. The Morgan fingerprint density at radius 1 is 1.00 bits per heavy atom. The number of benzene rings is 3. The number of fused-ring (bicyclic) bond motifs is 1. The third-order valence-corrected chi connectivity index (χ3v) is 6.79. The number of rotatable bonds is 5. The number of nitrogens with zero attached hydrogens (tertiary/aromatic N) is 3. The number of aryl methyl sites for hydroxylation is 1. The van der Waals surface area contributed by atoms with Crippen LogP contribution in [0.1, 0.15) is 35.2 Å². The topological polar surface area (TPSA) is 79.3 Å². The number of likely N-dealkylation sites (N-methyl/N-ethyl adjacent to an activating group) is 1. The number of aromatic nitrogens is 2. The van der Waals surface area contributed by atoms with Crippen LogP contribution >= 0.6 is 0 Å². The van der Waals surface area contributed by atoms with Crippen LogP contribution < -0.4 is 15.5 Å². The molecule has 0 aliphatic carbocycles. The van der Waals surface area contributed by atoms with Crippen LogP contribution in [0.2, 0.25) is 0 Å². The highest BCUT2D eigenvalue weighted by Crippen LogP contribution is 2.43. The molecule has 40 heavy (non-hydrogen) atoms. The first-order valence-corrected chi connectivity index (χ1v) is 12.5. The maximum atomic E-state index is 14.0. The minimum Gasteiger partial charge on any atom is -0.325 e. The predicted molar refractivity (Wildman–Crippen MR) is 142 cm³/mol. The number of carbonyl (C=O) groups excluding carboxylic acids is 2. The van der Waals surface area contributed by atoms with Crippen LogP contribution in [0.3, 0.4) is 0 Å². The Hall–Kier alpha value is -4.67. The number of para-hydroxylation sites is 1. The Labute approximate surface area is 227 Å². The molecule has 1 aliphatic heterocycles. The third kappa shape index (κ3) is 5.02. The summed E-state index contributed by atoms with van der Waals surface area (Å²) in [6.07, 6.45) is -4.59. The highest BCUT2D eigenvalue weighted by Gasteiger charge is 2.45. The molecule has 206 valence electrons. The molecule has 7 nitrogen and oxygen atoms in total. The van der Waals surface area contributed by atoms with Gasteiger partial charge in [0.2, 0.25) is 0 Å². The molecule has 11 heteroatoms. The van der Waals surface area contributed by atoms with E-state index in [0.29, 0.717) is 22.6 Å². The van der Waals surface area contributed by atoms with E-state index in [0.717, 1.165) is 17.8 Å². The largest absolute Gasteiger partial charge is 0.416 e. The zero-order chi connectivity index (χ0) is 28.6. The van der Waals surface area contributed by atoms with Gasteiger partial charge in [-0.1, -0.05) is 36.4 Å². The number of hydrogen-bond acceptors (Lipinski definition) is 3. The summed E-state index contributed by atoms with van der Waals surface area (Å²) in [5.41, 5.74) is 1.55. The van der Waals surface area contributed by atoms with E-state index >= 15 is 0 Å². The number of amides is 3. The molecule has 2 N–H and O–H groups in total. The van der Waals surface area contributed by atoms with E-state index in [9.17, 15) is 27.2 Å². The summed E-state index contributed by atoms with van der Waals surface area (Å²) in [5.74, 6) is -1.14. The fourth-order valence-corrected chi connectivity index (χ4v) is 5.04. The number of urea groups is 1. The van der Waals surface area contributed by atoms with E-state index in [4.69, 9.17) is 5.10 Å². The number of anilines is 2. The van der Waals surface area contributed by atoms with Crippen molar-refractivity contribution >= 4 is 23.4 Å². The first-order chi connectivity index (χ1) is 19.1. The molecule has 4 aromatic rings. The first kappa shape index (κ1) is 26.9. The van der Waals surface area contributed by atoms with Gasteiger partial charge < -0.3 is 10.6 Å². The number of nitrogens with one attached hydrogen (secondary N) is 2. The molecule has 5 rings (SSSR count). The van der Waals surface area contributed by atoms with Crippen molar-refractivity contribution in [1.29, 1.82) is 0 Å². The van der Waals surface area contributed by atoms with Crippen LogP contribution in [0.5, 0.6) is 0 Å². The quantitative estimate of drug-likeness (QED) is 0.298. The smallest absolute Gasteiger partial charge is 0.325 e. The molecule has 2 heterocycles. The fraction of sp³-hybridized carbons (Fsp3) is 0.207. The van der Waals surface area contributed by atoms with E-state index in [1.54, 1.807) is 18.5 Å². The van der Waals surface area contributed by atoms with Gasteiger partial charge in [-0.25, -0.2) is 13.9 Å². The minimum atomic E-state index is -4.59. The Balaban J connectivity index is 1.57. The highest BCUT2D eigenvalue weighted by molar-refractivity contribution is 6.04. The standard InChI is InChI=1S/C29H25F4N5O2/c1-3-37-26-23(17(2)36-38(26)22-10-5-4-6-11-22)24(18-12-14-20(30)15-13-18)25(27(37)39)35-28(40)34-21-9-7-8-19(16-21)29(31,32)33/h4-16,24-25H,3H2,1-2H3,(H2,34,35,40)/t24-,25+/m0/s1. The van der Waals surface area contributed by atoms with Gasteiger partial charge in [0.25, 0.3) is 5.91 Å². The highest BCUT2D eigenvalue weighted by atomic mass is 19.4. The van der Waals surface area contributed by atoms with Crippen LogP contribution in [-0.2, 0) is 11.0 Å². The Bertz CT molecular complexity index is 1550. The molecule has 0 saturated carbocycles. The molecule has 3 aromatic carbocycles. The van der Waals surface area contributed by atoms with Gasteiger partial charge in [0.05, 0.1) is 16.9 Å². The normalized spacial score (nSPS) is 16.9. The second kappa shape index (κ2) is 10.5. The molecule has 2 atom stereocenters. The van der Waals surface area contributed by atoms with Crippen molar-refractivity contribution in [3.05, 3.63) is 107 Å². The molecule has 0 unspecified atom stereocenters. The van der Waals surface area contributed by atoms with E-state index in [1.807, 2.05) is 30.3 Å². The lowest BCUT2D eigenvalue weighted by molar-refractivity contribution is -0.137. The minimum absolute atomic E-state index is 0.0879. The lowest BCUT2D eigenvalue weighted by Crippen LogP contribution is -2.56. The summed E-state index contributed by atoms with van der Waals surface area (Å²) in [5, 5.41) is 9.79. The van der Waals surface area contributed by atoms with Crippen molar-refractivity contribution in [2.45, 2.75) is 32.0 Å². The molecule has 1 aromatic heterocycles. The van der Waals surface area contributed by atoms with Gasteiger partial charge in [-0.05, 0) is 61.9 Å². The average Bonchev–Trinajstić information content (AvgIpc) is 3.26. The lowest BCUT2D eigenvalue weighted by atomic mass is 9.81. The molecular weight excluding hydrogens is 526 g/mol. The number of alkyl halides is 3. The molecule has 0 spiro atoms. The van der Waals surface area contributed by atoms with Crippen molar-refractivity contribution < 1.29 is 27.2 Å². The van der Waals surface area contributed by atoms with Crippen LogP contribution in [-0.4, -0.2) is 34.3 Å². The van der Waals surface area contributed by atoms with Gasteiger partial charge in [-0.3, -0.25) is 9.69 Å². The van der Waals surface area contributed by atoms with Crippen molar-refractivity contribution in [3.63, 3.8) is 0 Å². The van der Waals surface area contributed by atoms with Gasteiger partial charge in [0, 0.05) is 23.7 Å². The van der Waals surface area contributed by atoms with Crippen molar-refractivity contribution in [3.8, 4) is 5.69 Å². The van der Waals surface area contributed by atoms with Crippen LogP contribution in [0.15, 0.2) is 78.9 Å². The zero-order valence-electron chi connectivity index (χ0n) is 21.5. The van der Waals surface area contributed by atoms with E-state index < -0.39 is 41.5 Å². The molecule has 0 fully saturated rings. The van der Waals surface area contributed by atoms with Gasteiger partial charge in [-0.15, -0.1) is 0 Å². The van der Waals surface area contributed by atoms with Gasteiger partial charge in [0.1, 0.15) is 17.7 Å². The average molecular weight is 552 g/mol. The Morgan fingerprint density at radius 2 is 1.70 bits per heavy atom. The third-order valence-electron chi connectivity index (χ3n) is 6.79. The molecule has 0 radical (unpaired) electrons. The van der Waals surface area contributed by atoms with E-state index in [-0.39, 0.29) is 12.2 Å². The molecule has 3 amide bonds. The maximum absolute atomic E-state index is 14.0. The molecule has 0 saturated heterocycles. The fourth-order valence-electron chi connectivity index (χ4n) is 5.04. The number of carbonyl (C=O) groups is 2. The van der Waals surface area contributed by atoms with Gasteiger partial charge in [0.15, 0.2) is 0 Å². The SMILES string of the molecule is CCN1C(=O)[C@H](NC(=O)Nc2cccc(C(F)(F)F)c2)[C@@H](c2ccc(F)cc2)c2c(C)nn(-c3ccccc3)c21. The summed E-state index contributed by atoms with van der Waals surface area (Å²) < 4.78 is 55.0. The second-order valence-electron chi connectivity index (χ2n) is 9.34. The summed E-state index contributed by atoms with van der Waals surface area (Å²) in [4.78, 5) is 28.5. The van der Waals surface area contributed by atoms with Crippen molar-refractivity contribution in [2.24, 2.45) is 0 Å². The second-order valence-corrected chi connectivity index (χ2v) is 9.34. The zero-order valence-corrected chi connectivity index (χ0v) is 21.5. The first-order valence-electron chi connectivity index (χ1n) is 12.5. The van der Waals surface area contributed by atoms with E-state index in [2.05, 4.69) is 10.6 Å². The summed E-state index contributed by atoms with van der Waals surface area (Å²) in [6.45, 7) is 3.84. The van der Waals surface area contributed by atoms with E-state index in [1.165, 1.54) is 41.3 Å². The van der Waals surface area contributed by atoms with Crippen LogP contribution in [0, 0.1) is 12.7 Å². The number of halogens is 4. The maximum Gasteiger partial charge on any atom is 0.416 e.